The topological polar surface area (TPSA) is 219 Å². The number of hydrogen-bond donors (Lipinski definition) is 2. The van der Waals surface area contributed by atoms with Crippen molar-refractivity contribution in [1.29, 1.82) is 0 Å². The largest absolute Gasteiger partial charge is 0.464 e. The van der Waals surface area contributed by atoms with Crippen molar-refractivity contribution in [2.45, 2.75) is 116 Å². The van der Waals surface area contributed by atoms with Crippen LogP contribution >= 0.6 is 0 Å². The fourth-order valence-corrected chi connectivity index (χ4v) is 5.20. The number of hydrogen-bond acceptors (Lipinski definition) is 16. The number of esters is 5. The van der Waals surface area contributed by atoms with Crippen LogP contribution in [0.15, 0.2) is 0 Å². The molecule has 254 valence electrons. The molecule has 3 aliphatic heterocycles. The first kappa shape index (κ1) is 35.9. The Hall–Kier alpha value is -3.58. The van der Waals surface area contributed by atoms with E-state index >= 15 is 0 Å². The van der Waals surface area contributed by atoms with Gasteiger partial charge in [0.05, 0.1) is 6.04 Å². The zero-order valence-electron chi connectivity index (χ0n) is 26.2. The molecule has 0 aromatic carbocycles. The molecule has 0 aliphatic carbocycles. The molecule has 3 saturated heterocycles. The highest BCUT2D eigenvalue weighted by Gasteiger charge is 2.58. The quantitative estimate of drug-likeness (QED) is 0.207. The molecule has 0 bridgehead atoms. The molecular weight excluding hydrogens is 608 g/mol. The summed E-state index contributed by atoms with van der Waals surface area (Å²) in [4.78, 5) is 72.5. The Morgan fingerprint density at radius 2 is 1.29 bits per heavy atom. The summed E-state index contributed by atoms with van der Waals surface area (Å²) in [6, 6.07) is -1.91. The van der Waals surface area contributed by atoms with E-state index in [2.05, 4.69) is 10.6 Å². The molecular formula is C27H40N2O16. The van der Waals surface area contributed by atoms with E-state index in [1.807, 2.05) is 0 Å². The van der Waals surface area contributed by atoms with Crippen LogP contribution in [-0.2, 0) is 71.3 Å². The monoisotopic (exact) mass is 648 g/mol. The molecule has 3 rings (SSSR count). The molecule has 18 heteroatoms. The zero-order chi connectivity index (χ0) is 33.6. The lowest BCUT2D eigenvalue weighted by atomic mass is 9.97. The lowest BCUT2D eigenvalue weighted by Gasteiger charge is -2.44. The van der Waals surface area contributed by atoms with E-state index in [-0.39, 0.29) is 13.2 Å². The molecule has 0 unspecified atom stereocenters. The van der Waals surface area contributed by atoms with Crippen LogP contribution in [0.5, 0.6) is 0 Å². The number of rotatable bonds is 11. The molecule has 2 amide bonds. The third-order valence-corrected chi connectivity index (χ3v) is 6.70. The molecule has 3 fully saturated rings. The Labute approximate surface area is 258 Å². The third-order valence-electron chi connectivity index (χ3n) is 6.70. The molecule has 10 atom stereocenters. The lowest BCUT2D eigenvalue weighted by molar-refractivity contribution is -0.296. The molecule has 45 heavy (non-hydrogen) atoms. The maximum atomic E-state index is 13.2. The number of ether oxygens (including phenoxy) is 10. The summed E-state index contributed by atoms with van der Waals surface area (Å²) < 4.78 is 55.3. The Morgan fingerprint density at radius 1 is 0.733 bits per heavy atom. The first-order valence-corrected chi connectivity index (χ1v) is 14.1. The molecule has 0 saturated carbocycles. The van der Waals surface area contributed by atoms with Gasteiger partial charge in [-0.3, -0.25) is 24.0 Å². The second-order valence-corrected chi connectivity index (χ2v) is 10.9. The molecule has 0 spiro atoms. The smallest absolute Gasteiger partial charge is 0.315 e. The summed E-state index contributed by atoms with van der Waals surface area (Å²) in [6.45, 7) is 8.28. The van der Waals surface area contributed by atoms with Gasteiger partial charge in [-0.2, -0.15) is 0 Å². The number of nitrogens with one attached hydrogen (secondary N) is 2. The summed E-state index contributed by atoms with van der Waals surface area (Å²) in [7, 11) is 1.25. The Balaban J connectivity index is 1.79. The van der Waals surface area contributed by atoms with E-state index < -0.39 is 103 Å². The van der Waals surface area contributed by atoms with E-state index in [4.69, 9.17) is 47.4 Å². The maximum Gasteiger partial charge on any atom is 0.315 e. The minimum atomic E-state index is -1.36. The van der Waals surface area contributed by atoms with Crippen LogP contribution in [0, 0.1) is 0 Å². The first-order chi connectivity index (χ1) is 21.0. The molecule has 3 aliphatic rings. The van der Waals surface area contributed by atoms with Crippen molar-refractivity contribution in [1.82, 2.24) is 10.6 Å². The fourth-order valence-electron chi connectivity index (χ4n) is 5.20. The molecule has 0 radical (unpaired) electrons. The van der Waals surface area contributed by atoms with Crippen LogP contribution in [0.1, 0.15) is 48.5 Å². The second-order valence-electron chi connectivity index (χ2n) is 10.9. The van der Waals surface area contributed by atoms with Crippen LogP contribution in [-0.4, -0.2) is 123 Å². The van der Waals surface area contributed by atoms with Gasteiger partial charge < -0.3 is 58.0 Å². The molecule has 0 aromatic rings. The van der Waals surface area contributed by atoms with Gasteiger partial charge in [0.2, 0.25) is 0 Å². The fraction of sp³-hybridized carbons (Fsp3) is 0.778. The normalized spacial score (nSPS) is 32.3. The van der Waals surface area contributed by atoms with E-state index in [9.17, 15) is 28.8 Å². The van der Waals surface area contributed by atoms with Gasteiger partial charge >= 0.3 is 35.9 Å². The highest BCUT2D eigenvalue weighted by molar-refractivity contribution is 5.74. The van der Waals surface area contributed by atoms with Crippen molar-refractivity contribution in [3.8, 4) is 0 Å². The maximum absolute atomic E-state index is 13.2. The molecule has 2 N–H and O–H groups in total. The number of carbonyl (C=O) groups is 6. The standard InChI is InChI=1S/C27H40N2O16/c1-11(30)37-10-16(18-20(39-13(3)32)23-25(43-18)45-27(6,7)44-23)29-26(35)28-9-17-19(38-12(2)31)21(40-14(4)33)22(41-15(5)34)24(36-8)42-17/h16-25H,9-10H2,1-8H3,(H2,28,29,35)/t16-,17+,18+,19+,20-,21-,22+,23+,24-,25+/m0/s1. The minimum absolute atomic E-state index is 0.348. The lowest BCUT2D eigenvalue weighted by Crippen LogP contribution is -2.64. The number of urea groups is 1. The van der Waals surface area contributed by atoms with Crippen LogP contribution in [0.4, 0.5) is 4.79 Å². The van der Waals surface area contributed by atoms with Crippen LogP contribution in [0.25, 0.3) is 0 Å². The minimum Gasteiger partial charge on any atom is -0.464 e. The van der Waals surface area contributed by atoms with Gasteiger partial charge in [-0.05, 0) is 13.8 Å². The average molecular weight is 649 g/mol. The van der Waals surface area contributed by atoms with Gasteiger partial charge in [-0.25, -0.2) is 4.79 Å². The molecule has 18 nitrogen and oxygen atoms in total. The van der Waals surface area contributed by atoms with Crippen molar-refractivity contribution in [3.05, 3.63) is 0 Å². The Bertz CT molecular complexity index is 1130. The van der Waals surface area contributed by atoms with Crippen LogP contribution in [0.2, 0.25) is 0 Å². The summed E-state index contributed by atoms with van der Waals surface area (Å²) in [6.07, 6.45) is -10.4. The Morgan fingerprint density at radius 3 is 1.84 bits per heavy atom. The van der Waals surface area contributed by atoms with Crippen molar-refractivity contribution in [2.75, 3.05) is 20.3 Å². The van der Waals surface area contributed by atoms with E-state index in [1.54, 1.807) is 13.8 Å². The van der Waals surface area contributed by atoms with Crippen molar-refractivity contribution in [3.63, 3.8) is 0 Å². The highest BCUT2D eigenvalue weighted by Crippen LogP contribution is 2.40. The van der Waals surface area contributed by atoms with E-state index in [1.165, 1.54) is 21.0 Å². The predicted molar refractivity (Wildman–Crippen MR) is 144 cm³/mol. The zero-order valence-corrected chi connectivity index (χ0v) is 26.2. The van der Waals surface area contributed by atoms with Gasteiger partial charge in [-0.1, -0.05) is 0 Å². The second kappa shape index (κ2) is 15.1. The summed E-state index contributed by atoms with van der Waals surface area (Å²) in [5.41, 5.74) is 0. The van der Waals surface area contributed by atoms with Gasteiger partial charge in [-0.15, -0.1) is 0 Å². The van der Waals surface area contributed by atoms with Crippen molar-refractivity contribution >= 4 is 35.9 Å². The van der Waals surface area contributed by atoms with Crippen LogP contribution < -0.4 is 10.6 Å². The van der Waals surface area contributed by atoms with E-state index in [0.29, 0.717) is 0 Å². The summed E-state index contributed by atoms with van der Waals surface area (Å²) in [5, 5.41) is 5.18. The van der Waals surface area contributed by atoms with Gasteiger partial charge in [0.1, 0.15) is 18.8 Å². The van der Waals surface area contributed by atoms with Gasteiger partial charge in [0, 0.05) is 48.3 Å². The SMILES string of the molecule is CO[C@H]1O[C@H](CNC(=O)N[C@@H](COC(C)=O)[C@H]2O[C@@H]3OC(C)(C)O[C@@H]3[C@H]2OC(C)=O)[C@@H](OC(C)=O)[C@H](OC(C)=O)[C@H]1OC(C)=O. The van der Waals surface area contributed by atoms with Crippen molar-refractivity contribution in [2.24, 2.45) is 0 Å². The number of amides is 2. The molecule has 3 heterocycles. The van der Waals surface area contributed by atoms with Gasteiger partial charge in [0.15, 0.2) is 48.9 Å². The average Bonchev–Trinajstić information content (AvgIpc) is 3.38. The summed E-state index contributed by atoms with van der Waals surface area (Å²) in [5.74, 6) is -4.63. The van der Waals surface area contributed by atoms with E-state index in [0.717, 1.165) is 20.8 Å². The first-order valence-electron chi connectivity index (χ1n) is 14.1. The third kappa shape index (κ3) is 9.70. The van der Waals surface area contributed by atoms with Crippen molar-refractivity contribution < 1.29 is 76.1 Å². The van der Waals surface area contributed by atoms with Crippen LogP contribution in [0.3, 0.4) is 0 Å². The Kier molecular flexibility index (Phi) is 12.1. The number of fused-ring (bicyclic) bond motifs is 1. The number of methoxy groups -OCH3 is 1. The summed E-state index contributed by atoms with van der Waals surface area (Å²) >= 11 is 0. The highest BCUT2D eigenvalue weighted by atomic mass is 16.8. The number of carbonyl (C=O) groups excluding carboxylic acids is 6. The predicted octanol–water partition coefficient (Wildman–Crippen LogP) is -0.808. The molecule has 0 aromatic heterocycles. The van der Waals surface area contributed by atoms with Gasteiger partial charge in [0.25, 0.3) is 0 Å².